The lowest BCUT2D eigenvalue weighted by Gasteiger charge is -2.25. The Kier molecular flexibility index (Phi) is 8.37. The van der Waals surface area contributed by atoms with E-state index in [1.165, 1.54) is 0 Å². The Morgan fingerprint density at radius 2 is 1.61 bits per heavy atom. The van der Waals surface area contributed by atoms with Gasteiger partial charge in [-0.05, 0) is 11.8 Å². The van der Waals surface area contributed by atoms with Gasteiger partial charge < -0.3 is 15.0 Å². The molecule has 18 heavy (non-hydrogen) atoms. The summed E-state index contributed by atoms with van der Waals surface area (Å²) in [5, 5.41) is 2.56. The normalized spacial score (nSPS) is 10.8. The number of nitrogens with zero attached hydrogens (tertiary/aromatic N) is 1. The SMILES string of the molecule is COCCNC(=O)C(=O)N(CC(C)C)CC(C)C. The second-order valence-corrected chi connectivity index (χ2v) is 5.25. The molecule has 0 atom stereocenters. The first-order valence-electron chi connectivity index (χ1n) is 6.44. The molecule has 0 bridgehead atoms. The Bertz CT molecular complexity index is 255. The van der Waals surface area contributed by atoms with Crippen LogP contribution in [0.4, 0.5) is 0 Å². The molecule has 0 aromatic rings. The van der Waals surface area contributed by atoms with Crippen LogP contribution in [0.2, 0.25) is 0 Å². The molecule has 5 heteroatoms. The van der Waals surface area contributed by atoms with Crippen LogP contribution in [-0.4, -0.2) is 50.1 Å². The van der Waals surface area contributed by atoms with Gasteiger partial charge in [-0.2, -0.15) is 0 Å². The molecule has 1 N–H and O–H groups in total. The molecule has 0 radical (unpaired) electrons. The fourth-order valence-corrected chi connectivity index (χ4v) is 1.61. The summed E-state index contributed by atoms with van der Waals surface area (Å²) in [6, 6.07) is 0. The van der Waals surface area contributed by atoms with Gasteiger partial charge in [0.05, 0.1) is 6.61 Å². The monoisotopic (exact) mass is 258 g/mol. The summed E-state index contributed by atoms with van der Waals surface area (Å²) >= 11 is 0. The fourth-order valence-electron chi connectivity index (χ4n) is 1.61. The summed E-state index contributed by atoms with van der Waals surface area (Å²) in [6.07, 6.45) is 0. The van der Waals surface area contributed by atoms with Crippen molar-refractivity contribution < 1.29 is 14.3 Å². The number of methoxy groups -OCH3 is 1. The van der Waals surface area contributed by atoms with Gasteiger partial charge in [0.15, 0.2) is 0 Å². The Morgan fingerprint density at radius 1 is 1.11 bits per heavy atom. The van der Waals surface area contributed by atoms with Gasteiger partial charge >= 0.3 is 11.8 Å². The van der Waals surface area contributed by atoms with Gasteiger partial charge in [-0.1, -0.05) is 27.7 Å². The second kappa shape index (κ2) is 8.91. The van der Waals surface area contributed by atoms with Crippen molar-refractivity contribution in [2.24, 2.45) is 11.8 Å². The number of carbonyl (C=O) groups excluding carboxylic acids is 2. The first-order chi connectivity index (χ1) is 8.38. The maximum Gasteiger partial charge on any atom is 0.311 e. The first kappa shape index (κ1) is 16.9. The third kappa shape index (κ3) is 7.27. The maximum atomic E-state index is 12.0. The standard InChI is InChI=1S/C13H26N2O3/c1-10(2)8-15(9-11(3)4)13(17)12(16)14-6-7-18-5/h10-11H,6-9H2,1-5H3,(H,14,16). The Labute approximate surface area is 110 Å². The van der Waals surface area contributed by atoms with E-state index in [9.17, 15) is 9.59 Å². The zero-order valence-electron chi connectivity index (χ0n) is 12.2. The molecule has 0 saturated heterocycles. The number of ether oxygens (including phenoxy) is 1. The summed E-state index contributed by atoms with van der Waals surface area (Å²) < 4.78 is 4.82. The van der Waals surface area contributed by atoms with Gasteiger partial charge in [0.25, 0.3) is 0 Å². The van der Waals surface area contributed by atoms with Crippen LogP contribution < -0.4 is 5.32 Å². The highest BCUT2D eigenvalue weighted by atomic mass is 16.5. The Balaban J connectivity index is 4.38. The molecule has 0 aliphatic heterocycles. The number of hydrogen-bond donors (Lipinski definition) is 1. The highest BCUT2D eigenvalue weighted by Crippen LogP contribution is 2.04. The lowest BCUT2D eigenvalue weighted by Crippen LogP contribution is -2.46. The Morgan fingerprint density at radius 3 is 2.00 bits per heavy atom. The van der Waals surface area contributed by atoms with Crippen LogP contribution >= 0.6 is 0 Å². The van der Waals surface area contributed by atoms with Gasteiger partial charge in [0.2, 0.25) is 0 Å². The van der Waals surface area contributed by atoms with Gasteiger partial charge in [-0.25, -0.2) is 0 Å². The van der Waals surface area contributed by atoms with E-state index in [1.54, 1.807) is 12.0 Å². The molecule has 0 rings (SSSR count). The van der Waals surface area contributed by atoms with Crippen molar-refractivity contribution in [1.29, 1.82) is 0 Å². The van der Waals surface area contributed by atoms with E-state index < -0.39 is 11.8 Å². The lowest BCUT2D eigenvalue weighted by atomic mass is 10.1. The third-order valence-corrected chi connectivity index (χ3v) is 2.24. The third-order valence-electron chi connectivity index (χ3n) is 2.24. The quantitative estimate of drug-likeness (QED) is 0.545. The fraction of sp³-hybridized carbons (Fsp3) is 0.846. The minimum Gasteiger partial charge on any atom is -0.383 e. The van der Waals surface area contributed by atoms with Crippen LogP contribution in [0.3, 0.4) is 0 Å². The summed E-state index contributed by atoms with van der Waals surface area (Å²) in [5.74, 6) is -0.305. The number of hydrogen-bond acceptors (Lipinski definition) is 3. The molecule has 0 fully saturated rings. The topological polar surface area (TPSA) is 58.6 Å². The highest BCUT2D eigenvalue weighted by Gasteiger charge is 2.22. The van der Waals surface area contributed by atoms with E-state index in [-0.39, 0.29) is 0 Å². The van der Waals surface area contributed by atoms with E-state index in [2.05, 4.69) is 5.32 Å². The van der Waals surface area contributed by atoms with Crippen molar-refractivity contribution in [1.82, 2.24) is 10.2 Å². The molecule has 5 nitrogen and oxygen atoms in total. The van der Waals surface area contributed by atoms with E-state index in [1.807, 2.05) is 27.7 Å². The average molecular weight is 258 g/mol. The van der Waals surface area contributed by atoms with Crippen LogP contribution in [-0.2, 0) is 14.3 Å². The van der Waals surface area contributed by atoms with Gasteiger partial charge in [0.1, 0.15) is 0 Å². The van der Waals surface area contributed by atoms with Crippen molar-refractivity contribution in [3.63, 3.8) is 0 Å². The van der Waals surface area contributed by atoms with Crippen molar-refractivity contribution in [2.45, 2.75) is 27.7 Å². The highest BCUT2D eigenvalue weighted by molar-refractivity contribution is 6.35. The van der Waals surface area contributed by atoms with Gasteiger partial charge in [-0.3, -0.25) is 9.59 Å². The largest absolute Gasteiger partial charge is 0.383 e. The summed E-state index contributed by atoms with van der Waals surface area (Å²) in [6.45, 7) is 10.1. The molecule has 0 aromatic carbocycles. The molecular formula is C13H26N2O3. The van der Waals surface area contributed by atoms with Crippen molar-refractivity contribution in [3.8, 4) is 0 Å². The number of amides is 2. The molecule has 0 saturated carbocycles. The molecular weight excluding hydrogens is 232 g/mol. The molecule has 0 aliphatic rings. The molecule has 0 aromatic heterocycles. The minimum absolute atomic E-state index is 0.347. The predicted molar refractivity (Wildman–Crippen MR) is 71.1 cm³/mol. The van der Waals surface area contributed by atoms with E-state index >= 15 is 0 Å². The molecule has 0 aliphatic carbocycles. The van der Waals surface area contributed by atoms with Crippen LogP contribution in [0, 0.1) is 11.8 Å². The number of rotatable bonds is 7. The molecule has 0 unspecified atom stereocenters. The predicted octanol–water partition coefficient (Wildman–Crippen LogP) is 0.890. The van der Waals surface area contributed by atoms with Crippen molar-refractivity contribution >= 4 is 11.8 Å². The van der Waals surface area contributed by atoms with Crippen molar-refractivity contribution in [3.05, 3.63) is 0 Å². The van der Waals surface area contributed by atoms with Crippen molar-refractivity contribution in [2.75, 3.05) is 33.4 Å². The molecule has 106 valence electrons. The van der Waals surface area contributed by atoms with E-state index in [0.717, 1.165) is 0 Å². The van der Waals surface area contributed by atoms with E-state index in [0.29, 0.717) is 38.1 Å². The van der Waals surface area contributed by atoms with Gasteiger partial charge in [-0.15, -0.1) is 0 Å². The minimum atomic E-state index is -0.548. The number of carbonyl (C=O) groups is 2. The molecule has 0 spiro atoms. The maximum absolute atomic E-state index is 12.0. The lowest BCUT2D eigenvalue weighted by molar-refractivity contribution is -0.146. The summed E-state index contributed by atoms with van der Waals surface area (Å²) in [4.78, 5) is 25.3. The first-order valence-corrected chi connectivity index (χ1v) is 6.44. The zero-order valence-corrected chi connectivity index (χ0v) is 12.2. The Hall–Kier alpha value is -1.10. The zero-order chi connectivity index (χ0) is 14.1. The smallest absolute Gasteiger partial charge is 0.311 e. The van der Waals surface area contributed by atoms with Crippen LogP contribution in [0.5, 0.6) is 0 Å². The summed E-state index contributed by atoms with van der Waals surface area (Å²) in [7, 11) is 1.55. The van der Waals surface area contributed by atoms with Crippen LogP contribution in [0.15, 0.2) is 0 Å². The van der Waals surface area contributed by atoms with Crippen LogP contribution in [0.1, 0.15) is 27.7 Å². The van der Waals surface area contributed by atoms with Gasteiger partial charge in [0, 0.05) is 26.7 Å². The van der Waals surface area contributed by atoms with E-state index in [4.69, 9.17) is 4.74 Å². The molecule has 0 heterocycles. The number of nitrogens with one attached hydrogen (secondary N) is 1. The van der Waals surface area contributed by atoms with Crippen LogP contribution in [0.25, 0.3) is 0 Å². The molecule has 2 amide bonds. The second-order valence-electron chi connectivity index (χ2n) is 5.25. The summed E-state index contributed by atoms with van der Waals surface area (Å²) in [5.41, 5.74) is 0. The average Bonchev–Trinajstić information content (AvgIpc) is 2.26.